The molecule has 0 amide bonds. The monoisotopic (exact) mass is 688 g/mol. The van der Waals surface area contributed by atoms with Crippen LogP contribution in [0.5, 0.6) is 0 Å². The van der Waals surface area contributed by atoms with Crippen LogP contribution in [-0.4, -0.2) is 0 Å². The normalized spacial score (nSPS) is 14.4. The van der Waals surface area contributed by atoms with Crippen molar-refractivity contribution in [2.75, 3.05) is 0 Å². The average molecular weight is 689 g/mol. The molecule has 1 aliphatic carbocycles. The van der Waals surface area contributed by atoms with Gasteiger partial charge in [-0.05, 0) is 96.1 Å². The molecule has 3 N–H and O–H groups in total. The molecule has 2 atom stereocenters. The number of thiophene rings is 1. The van der Waals surface area contributed by atoms with Crippen LogP contribution in [0, 0.1) is 0 Å². The highest BCUT2D eigenvalue weighted by Gasteiger charge is 2.37. The number of benzene rings is 7. The lowest BCUT2D eigenvalue weighted by Crippen LogP contribution is -2.31. The van der Waals surface area contributed by atoms with E-state index in [4.69, 9.17) is 5.73 Å². The Balaban J connectivity index is 1.02. The first-order valence-corrected chi connectivity index (χ1v) is 18.9. The highest BCUT2D eigenvalue weighted by atomic mass is 32.1. The zero-order chi connectivity index (χ0) is 35.2. The smallest absolute Gasteiger partial charge is 0.0817 e. The third kappa shape index (κ3) is 5.87. The number of nitrogens with two attached hydrogens (primary N) is 1. The Bertz CT molecular complexity index is 2540. The van der Waals surface area contributed by atoms with Gasteiger partial charge in [0.1, 0.15) is 0 Å². The Morgan fingerprint density at radius 1 is 0.577 bits per heavy atom. The molecule has 252 valence electrons. The molecular weight excluding hydrogens is 649 g/mol. The van der Waals surface area contributed by atoms with Crippen molar-refractivity contribution in [3.63, 3.8) is 0 Å². The van der Waals surface area contributed by atoms with E-state index in [2.05, 4.69) is 177 Å². The van der Waals surface area contributed by atoms with Crippen molar-refractivity contribution in [1.29, 1.82) is 0 Å². The molecule has 52 heavy (non-hydrogen) atoms. The van der Waals surface area contributed by atoms with Gasteiger partial charge in [0.25, 0.3) is 0 Å². The van der Waals surface area contributed by atoms with E-state index in [9.17, 15) is 0 Å². The molecule has 0 radical (unpaired) electrons. The maximum Gasteiger partial charge on any atom is 0.0817 e. The highest BCUT2D eigenvalue weighted by molar-refractivity contribution is 7.22. The summed E-state index contributed by atoms with van der Waals surface area (Å²) in [5, 5.41) is 7.55. The van der Waals surface area contributed by atoms with Gasteiger partial charge >= 0.3 is 0 Å². The number of fused-ring (bicyclic) bond motifs is 5. The van der Waals surface area contributed by atoms with Gasteiger partial charge in [0.15, 0.2) is 0 Å². The Morgan fingerprint density at radius 3 is 2.00 bits per heavy atom. The van der Waals surface area contributed by atoms with Crippen LogP contribution in [0.15, 0.2) is 170 Å². The van der Waals surface area contributed by atoms with Gasteiger partial charge in [0, 0.05) is 15.0 Å². The Kier molecular flexibility index (Phi) is 8.20. The summed E-state index contributed by atoms with van der Waals surface area (Å²) in [6.45, 7) is 4.71. The fourth-order valence-electron chi connectivity index (χ4n) is 7.89. The molecule has 0 saturated heterocycles. The number of rotatable bonds is 8. The third-order valence-corrected chi connectivity index (χ3v) is 11.9. The van der Waals surface area contributed by atoms with Gasteiger partial charge in [-0.1, -0.05) is 166 Å². The first-order valence-electron chi connectivity index (χ1n) is 18.0. The van der Waals surface area contributed by atoms with Crippen LogP contribution in [0.3, 0.4) is 0 Å². The van der Waals surface area contributed by atoms with E-state index in [0.29, 0.717) is 0 Å². The molecule has 2 nitrogen and oxygen atoms in total. The molecule has 9 rings (SSSR count). The van der Waals surface area contributed by atoms with Gasteiger partial charge in [0.2, 0.25) is 0 Å². The van der Waals surface area contributed by atoms with Crippen LogP contribution < -0.4 is 11.1 Å². The van der Waals surface area contributed by atoms with Crippen LogP contribution in [0.4, 0.5) is 0 Å². The first-order chi connectivity index (χ1) is 25.4. The third-order valence-electron chi connectivity index (χ3n) is 10.8. The summed E-state index contributed by atoms with van der Waals surface area (Å²) in [5.41, 5.74) is 19.3. The van der Waals surface area contributed by atoms with Gasteiger partial charge in [-0.3, -0.25) is 5.32 Å². The summed E-state index contributed by atoms with van der Waals surface area (Å²) in [7, 11) is 0. The van der Waals surface area contributed by atoms with Gasteiger partial charge in [0.05, 0.1) is 12.2 Å². The SMILES string of the molecule is CC1(C)c2cc3ccccc3cc2-c2c(-c3ccc(/C=C/C(NC(N)c4ccccc4)c4ccc(-c5cc6ccccc6s5)cc4)cc3)cccc21. The van der Waals surface area contributed by atoms with E-state index < -0.39 is 0 Å². The zero-order valence-electron chi connectivity index (χ0n) is 29.4. The van der Waals surface area contributed by atoms with E-state index in [-0.39, 0.29) is 17.6 Å². The fourth-order valence-corrected chi connectivity index (χ4v) is 8.95. The second-order valence-corrected chi connectivity index (χ2v) is 15.5. The standard InChI is InChI=1S/C49H40N2S/c1-49(2)42-17-10-16-40(47(42)41-29-37-13-6-7-14-38(37)30-43(41)49)33-22-19-32(20-23-33)21-28-44(51-48(50)36-11-4-3-5-12-36)34-24-26-35(27-25-34)46-31-39-15-8-9-18-45(39)52-46/h3-31,44,48,51H,50H2,1-2H3/b28-21+. The molecule has 0 saturated carbocycles. The van der Waals surface area contributed by atoms with Gasteiger partial charge in [-0.2, -0.15) is 0 Å². The van der Waals surface area contributed by atoms with Crippen molar-refractivity contribution in [2.45, 2.75) is 31.5 Å². The second kappa shape index (κ2) is 13.2. The summed E-state index contributed by atoms with van der Waals surface area (Å²) in [4.78, 5) is 1.28. The van der Waals surface area contributed by atoms with Crippen molar-refractivity contribution >= 4 is 38.3 Å². The van der Waals surface area contributed by atoms with Crippen molar-refractivity contribution in [2.24, 2.45) is 5.73 Å². The predicted octanol–water partition coefficient (Wildman–Crippen LogP) is 12.7. The number of hydrogen-bond donors (Lipinski definition) is 2. The topological polar surface area (TPSA) is 38.0 Å². The molecule has 7 aromatic carbocycles. The highest BCUT2D eigenvalue weighted by Crippen LogP contribution is 2.53. The average Bonchev–Trinajstić information content (AvgIpc) is 3.72. The number of nitrogens with one attached hydrogen (secondary N) is 1. The molecule has 0 fully saturated rings. The Hall–Kier alpha value is -5.58. The lowest BCUT2D eigenvalue weighted by Gasteiger charge is -2.22. The van der Waals surface area contributed by atoms with E-state index in [1.807, 2.05) is 29.5 Å². The first kappa shape index (κ1) is 32.3. The van der Waals surface area contributed by atoms with Crippen molar-refractivity contribution in [3.05, 3.63) is 198 Å². The molecule has 1 heterocycles. The quantitative estimate of drug-likeness (QED) is 0.156. The summed E-state index contributed by atoms with van der Waals surface area (Å²) in [5.74, 6) is 0. The summed E-state index contributed by atoms with van der Waals surface area (Å²) in [6.07, 6.45) is 4.12. The minimum Gasteiger partial charge on any atom is -0.312 e. The van der Waals surface area contributed by atoms with Gasteiger partial charge < -0.3 is 5.73 Å². The zero-order valence-corrected chi connectivity index (χ0v) is 30.2. The van der Waals surface area contributed by atoms with E-state index >= 15 is 0 Å². The summed E-state index contributed by atoms with van der Waals surface area (Å²) < 4.78 is 1.31. The van der Waals surface area contributed by atoms with Crippen LogP contribution in [0.1, 0.15) is 53.9 Å². The maximum atomic E-state index is 6.74. The molecule has 1 aromatic heterocycles. The Labute approximate surface area is 309 Å². The van der Waals surface area contributed by atoms with Crippen molar-refractivity contribution < 1.29 is 0 Å². The second-order valence-electron chi connectivity index (χ2n) is 14.4. The van der Waals surface area contributed by atoms with Gasteiger partial charge in [-0.15, -0.1) is 11.3 Å². The van der Waals surface area contributed by atoms with Gasteiger partial charge in [-0.25, -0.2) is 0 Å². The minimum atomic E-state index is -0.315. The van der Waals surface area contributed by atoms with Crippen LogP contribution in [0.2, 0.25) is 0 Å². The molecule has 2 unspecified atom stereocenters. The Morgan fingerprint density at radius 2 is 1.25 bits per heavy atom. The van der Waals surface area contributed by atoms with E-state index in [1.165, 1.54) is 64.7 Å². The lowest BCUT2D eigenvalue weighted by molar-refractivity contribution is 0.509. The molecular formula is C49H40N2S. The summed E-state index contributed by atoms with van der Waals surface area (Å²) in [6, 6.07) is 59.2. The largest absolute Gasteiger partial charge is 0.312 e. The van der Waals surface area contributed by atoms with Crippen LogP contribution >= 0.6 is 11.3 Å². The summed E-state index contributed by atoms with van der Waals surface area (Å²) >= 11 is 1.83. The van der Waals surface area contributed by atoms with E-state index in [1.54, 1.807) is 0 Å². The van der Waals surface area contributed by atoms with Crippen LogP contribution in [-0.2, 0) is 5.41 Å². The molecule has 0 aliphatic heterocycles. The number of hydrogen-bond acceptors (Lipinski definition) is 3. The minimum absolute atomic E-state index is 0.0634. The molecule has 0 bridgehead atoms. The van der Waals surface area contributed by atoms with E-state index in [0.717, 1.165) is 16.7 Å². The van der Waals surface area contributed by atoms with Crippen molar-refractivity contribution in [3.8, 4) is 32.7 Å². The van der Waals surface area contributed by atoms with Crippen LogP contribution in [0.25, 0.3) is 59.6 Å². The fraction of sp³-hybridized carbons (Fsp3) is 0.102. The molecule has 0 spiro atoms. The molecule has 1 aliphatic rings. The maximum absolute atomic E-state index is 6.74. The lowest BCUT2D eigenvalue weighted by atomic mass is 9.81. The predicted molar refractivity (Wildman–Crippen MR) is 222 cm³/mol. The molecule has 3 heteroatoms. The molecule has 8 aromatic rings. The van der Waals surface area contributed by atoms with Crippen molar-refractivity contribution in [1.82, 2.24) is 5.32 Å².